The molecule has 0 bridgehead atoms. The Kier molecular flexibility index (Phi) is 6.17. The molecule has 0 aromatic heterocycles. The van der Waals surface area contributed by atoms with Crippen LogP contribution < -0.4 is 10.2 Å². The van der Waals surface area contributed by atoms with Gasteiger partial charge < -0.3 is 4.74 Å². The lowest BCUT2D eigenvalue weighted by Gasteiger charge is -2.16. The highest BCUT2D eigenvalue weighted by atomic mass is 32.2. The average Bonchev–Trinajstić information content (AvgIpc) is 2.63. The topological polar surface area (TPSA) is 92.7 Å². The minimum absolute atomic E-state index is 0.0566. The normalized spacial score (nSPS) is 11.8. The van der Waals surface area contributed by atoms with Crippen molar-refractivity contribution in [3.63, 3.8) is 0 Å². The molecule has 7 heteroatoms. The molecule has 2 rings (SSSR count). The van der Waals surface area contributed by atoms with Gasteiger partial charge in [0.2, 0.25) is 0 Å². The van der Waals surface area contributed by atoms with Crippen LogP contribution in [0, 0.1) is 11.8 Å². The molecule has 130 valence electrons. The van der Waals surface area contributed by atoms with Crippen LogP contribution in [0.1, 0.15) is 17.7 Å². The third-order valence-corrected chi connectivity index (χ3v) is 5.44. The van der Waals surface area contributed by atoms with Gasteiger partial charge in [-0.3, -0.25) is 10.0 Å². The lowest BCUT2D eigenvalue weighted by atomic mass is 10.1. The SMILES string of the molecule is CC#CCOc1ccc(S(=O)(=O)[C@@H](C(=O)NO)c2ccccc2)cc1. The smallest absolute Gasteiger partial charge is 0.266 e. The zero-order valence-electron chi connectivity index (χ0n) is 13.5. The van der Waals surface area contributed by atoms with E-state index in [1.54, 1.807) is 25.1 Å². The molecule has 0 saturated heterocycles. The number of hydroxylamine groups is 1. The van der Waals surface area contributed by atoms with Crippen molar-refractivity contribution >= 4 is 15.7 Å². The van der Waals surface area contributed by atoms with Gasteiger partial charge in [0.25, 0.3) is 5.91 Å². The highest BCUT2D eigenvalue weighted by molar-refractivity contribution is 7.92. The summed E-state index contributed by atoms with van der Waals surface area (Å²) in [7, 11) is -4.06. The number of amides is 1. The second-order valence-electron chi connectivity index (χ2n) is 5.00. The van der Waals surface area contributed by atoms with Crippen molar-refractivity contribution in [2.45, 2.75) is 17.1 Å². The van der Waals surface area contributed by atoms with E-state index in [1.807, 2.05) is 0 Å². The second kappa shape index (κ2) is 8.33. The van der Waals surface area contributed by atoms with Crippen molar-refractivity contribution in [2.75, 3.05) is 6.61 Å². The van der Waals surface area contributed by atoms with E-state index in [1.165, 1.54) is 41.9 Å². The first kappa shape index (κ1) is 18.5. The zero-order chi connectivity index (χ0) is 18.3. The molecule has 0 spiro atoms. The Labute approximate surface area is 146 Å². The summed E-state index contributed by atoms with van der Waals surface area (Å²) in [5, 5.41) is 7.39. The number of hydrogen-bond donors (Lipinski definition) is 2. The van der Waals surface area contributed by atoms with Gasteiger partial charge in [-0.1, -0.05) is 36.3 Å². The van der Waals surface area contributed by atoms with Gasteiger partial charge in [0, 0.05) is 0 Å². The van der Waals surface area contributed by atoms with Crippen LogP contribution >= 0.6 is 0 Å². The largest absolute Gasteiger partial charge is 0.481 e. The standard InChI is InChI=1S/C18H17NO5S/c1-2-3-13-24-15-9-11-16(12-10-15)25(22,23)17(18(20)19-21)14-7-5-4-6-8-14/h4-12,17,21H,13H2,1H3,(H,19,20)/t17-/m1/s1. The Morgan fingerprint density at radius 3 is 2.36 bits per heavy atom. The first-order chi connectivity index (χ1) is 12.0. The van der Waals surface area contributed by atoms with Gasteiger partial charge in [0.1, 0.15) is 12.4 Å². The Bertz CT molecular complexity index is 881. The van der Waals surface area contributed by atoms with Crippen molar-refractivity contribution in [3.8, 4) is 17.6 Å². The Balaban J connectivity index is 2.36. The molecular formula is C18H17NO5S. The summed E-state index contributed by atoms with van der Waals surface area (Å²) in [5.74, 6) is 4.86. The molecule has 0 radical (unpaired) electrons. The van der Waals surface area contributed by atoms with E-state index in [4.69, 9.17) is 9.94 Å². The molecule has 25 heavy (non-hydrogen) atoms. The molecule has 0 unspecified atom stereocenters. The third-order valence-electron chi connectivity index (χ3n) is 3.40. The maximum absolute atomic E-state index is 12.9. The van der Waals surface area contributed by atoms with E-state index in [9.17, 15) is 13.2 Å². The monoisotopic (exact) mass is 359 g/mol. The van der Waals surface area contributed by atoms with Gasteiger partial charge >= 0.3 is 0 Å². The van der Waals surface area contributed by atoms with Crippen molar-refractivity contribution in [2.24, 2.45) is 0 Å². The van der Waals surface area contributed by atoms with Crippen LogP contribution in [-0.4, -0.2) is 26.1 Å². The molecule has 0 aliphatic rings. The number of carbonyl (C=O) groups is 1. The van der Waals surface area contributed by atoms with Gasteiger partial charge in [0.05, 0.1) is 4.90 Å². The molecule has 0 heterocycles. The van der Waals surface area contributed by atoms with E-state index in [2.05, 4.69) is 11.8 Å². The first-order valence-electron chi connectivity index (χ1n) is 7.36. The van der Waals surface area contributed by atoms with E-state index in [0.29, 0.717) is 5.75 Å². The van der Waals surface area contributed by atoms with Crippen LogP contribution in [0.2, 0.25) is 0 Å². The fourth-order valence-electron chi connectivity index (χ4n) is 2.21. The van der Waals surface area contributed by atoms with Gasteiger partial charge in [0.15, 0.2) is 15.1 Å². The average molecular weight is 359 g/mol. The molecule has 2 aromatic carbocycles. The van der Waals surface area contributed by atoms with Crippen molar-refractivity contribution in [3.05, 3.63) is 60.2 Å². The van der Waals surface area contributed by atoms with Gasteiger partial charge in [-0.2, -0.15) is 0 Å². The Morgan fingerprint density at radius 1 is 1.16 bits per heavy atom. The number of nitrogens with one attached hydrogen (secondary N) is 1. The molecule has 2 aromatic rings. The maximum atomic E-state index is 12.9. The summed E-state index contributed by atoms with van der Waals surface area (Å²) < 4.78 is 31.1. The molecular weight excluding hydrogens is 342 g/mol. The second-order valence-corrected chi connectivity index (χ2v) is 7.03. The van der Waals surface area contributed by atoms with Gasteiger partial charge in [-0.05, 0) is 36.8 Å². The number of carbonyl (C=O) groups excluding carboxylic acids is 1. The van der Waals surface area contributed by atoms with Crippen molar-refractivity contribution in [1.29, 1.82) is 0 Å². The molecule has 0 saturated carbocycles. The van der Waals surface area contributed by atoms with E-state index in [0.717, 1.165) is 0 Å². The minimum atomic E-state index is -4.06. The van der Waals surface area contributed by atoms with E-state index in [-0.39, 0.29) is 17.1 Å². The highest BCUT2D eigenvalue weighted by Gasteiger charge is 2.35. The summed E-state index contributed by atoms with van der Waals surface area (Å²) in [5.41, 5.74) is 1.68. The van der Waals surface area contributed by atoms with Crippen molar-refractivity contribution < 1.29 is 23.2 Å². The fraction of sp³-hybridized carbons (Fsp3) is 0.167. The number of benzene rings is 2. The molecule has 0 aliphatic heterocycles. The Morgan fingerprint density at radius 2 is 1.80 bits per heavy atom. The molecule has 2 N–H and O–H groups in total. The Hall–Kier alpha value is -2.82. The maximum Gasteiger partial charge on any atom is 0.266 e. The summed E-state index contributed by atoms with van der Waals surface area (Å²) in [6.07, 6.45) is 0. The molecule has 1 amide bonds. The van der Waals surface area contributed by atoms with Gasteiger partial charge in [-0.15, -0.1) is 5.92 Å². The minimum Gasteiger partial charge on any atom is -0.481 e. The summed E-state index contributed by atoms with van der Waals surface area (Å²) >= 11 is 0. The summed E-state index contributed by atoms with van der Waals surface area (Å²) in [6.45, 7) is 1.89. The molecule has 1 atom stereocenters. The van der Waals surface area contributed by atoms with E-state index >= 15 is 0 Å². The molecule has 0 fully saturated rings. The predicted octanol–water partition coefficient (Wildman–Crippen LogP) is 2.11. The third kappa shape index (κ3) is 4.38. The predicted molar refractivity (Wildman–Crippen MR) is 91.7 cm³/mol. The first-order valence-corrected chi connectivity index (χ1v) is 8.90. The van der Waals surface area contributed by atoms with Crippen LogP contribution in [0.5, 0.6) is 5.75 Å². The molecule has 0 aliphatic carbocycles. The number of rotatable bonds is 6. The summed E-state index contributed by atoms with van der Waals surface area (Å²) in [6, 6.07) is 13.6. The van der Waals surface area contributed by atoms with Gasteiger partial charge in [-0.25, -0.2) is 13.9 Å². The van der Waals surface area contributed by atoms with Crippen LogP contribution in [0.25, 0.3) is 0 Å². The van der Waals surface area contributed by atoms with Crippen molar-refractivity contribution in [1.82, 2.24) is 5.48 Å². The number of sulfone groups is 1. The van der Waals surface area contributed by atoms with Crippen LogP contribution in [0.4, 0.5) is 0 Å². The highest BCUT2D eigenvalue weighted by Crippen LogP contribution is 2.30. The fourth-order valence-corrected chi connectivity index (χ4v) is 3.85. The van der Waals surface area contributed by atoms with Crippen LogP contribution in [0.15, 0.2) is 59.5 Å². The quantitative estimate of drug-likeness (QED) is 0.468. The number of hydrogen-bond acceptors (Lipinski definition) is 5. The number of ether oxygens (including phenoxy) is 1. The zero-order valence-corrected chi connectivity index (χ0v) is 14.3. The lowest BCUT2D eigenvalue weighted by Crippen LogP contribution is -2.31. The van der Waals surface area contributed by atoms with Crippen LogP contribution in [0.3, 0.4) is 0 Å². The molecule has 6 nitrogen and oxygen atoms in total. The van der Waals surface area contributed by atoms with Crippen LogP contribution in [-0.2, 0) is 14.6 Å². The van der Waals surface area contributed by atoms with E-state index < -0.39 is 21.0 Å². The summed E-state index contributed by atoms with van der Waals surface area (Å²) in [4.78, 5) is 11.9. The lowest BCUT2D eigenvalue weighted by molar-refractivity contribution is -0.128.